The Morgan fingerprint density at radius 2 is 0.807 bits per heavy atom. The van der Waals surface area contributed by atoms with Gasteiger partial charge in [0.2, 0.25) is 11.8 Å². The van der Waals surface area contributed by atoms with Crippen LogP contribution < -0.4 is 55.9 Å². The molecule has 145 heavy (non-hydrogen) atoms. The highest BCUT2D eigenvalue weighted by atomic mass is 79.9. The number of nitrogens with one attached hydrogen (secondary N) is 4. The van der Waals surface area contributed by atoms with Crippen LogP contribution in [0, 0.1) is 11.8 Å². The number of ketones is 1. The number of Topliss-reactive ketones (excluding diaryl/α,β-unsaturated/α-hetero) is 1. The summed E-state index contributed by atoms with van der Waals surface area (Å²) in [6.45, 7) is 13.4. The highest BCUT2D eigenvalue weighted by Crippen LogP contribution is 2.35. The molecule has 0 bridgehead atoms. The molecule has 1 saturated heterocycles. The SMILES string of the molecule is CC(C)S(=O)(=O)c1ccc(-c2cnc(N)c(-c3nnc(NC(=O)C4CCCCC4)o3)n2)cc1.CC(C)S(=O)(=O)c1ccc(-c2cnc(N)c(-c3nnc(NC(=O)C4CCCCC4)o3)n2)cc1.CC(C)S(=O)(=O)c1ccc(-c2cnc(N)c(C(=O)NCC(=S)CC(=O)[C@@H]3CCCCN3C(=O)OCc3ccccc3)n2)cc1.CC(C)S(=O)(=O)c1ccc(-c2cnc(N)c(C(=O)NN)n2)cc1.COC(=O)c1nc(Br)cnc1N. The van der Waals surface area contributed by atoms with Crippen LogP contribution >= 0.6 is 28.1 Å². The fraction of sp³-hybridized carbons (Fsp3) is 0.347. The molecule has 766 valence electrons. The number of carbonyl (C=O) groups excluding carboxylic acids is 7. The number of amides is 5. The number of halogens is 1. The van der Waals surface area contributed by atoms with Gasteiger partial charge >= 0.3 is 24.1 Å². The second-order valence-electron chi connectivity index (χ2n) is 34.4. The number of esters is 1. The van der Waals surface area contributed by atoms with Crippen molar-refractivity contribution in [2.24, 2.45) is 17.7 Å². The Morgan fingerprint density at radius 1 is 0.448 bits per heavy atom. The third kappa shape index (κ3) is 28.9. The van der Waals surface area contributed by atoms with Gasteiger partial charge < -0.3 is 52.3 Å². The molecule has 5 aromatic carbocycles. The van der Waals surface area contributed by atoms with Crippen molar-refractivity contribution in [3.8, 4) is 68.2 Å². The van der Waals surface area contributed by atoms with E-state index < -0.39 is 90.3 Å². The van der Waals surface area contributed by atoms with Crippen LogP contribution in [0.2, 0.25) is 0 Å². The standard InChI is InChI=1S/C31H35N5O6S2.2C22H26N6O4S.C14H17N5O3S.C6H6BrN3O2/c1-20(2)44(40,41)24-13-11-22(12-14-24)25-18-33-29(32)28(35-25)30(38)34-17-23(43)16-27(37)26-10-6-7-15-36(26)31(39)42-19-21-8-4-3-5-9-21;2*1-13(2)33(30,31)16-10-8-14(9-11-16)17-12-24-19(23)18(25-17)21-27-28-22(32-21)26-20(29)15-6-4-3-5-7-15;1-8(2)23(21,22)10-5-3-9(4-6-10)11-7-17-13(15)12(18-11)14(20)19-16;1-12-6(11)4-5(8)9-2-3(7)10-4/h3-5,8-9,11-14,18,20,26H,6-7,10,15-17,19H2,1-2H3,(H2,32,33)(H,34,38);2*8-13,15H,3-7H2,1-2H3,(H2,23,24)(H,26,28,29);3-8H,16H2,1-2H3,(H2,15,17)(H,19,20);2H,1H3,(H2,8,9)/t26-;;;;/m0..../s1. The number of ether oxygens (including phenoxy) is 2. The highest BCUT2D eigenvalue weighted by Gasteiger charge is 2.35. The fourth-order valence-electron chi connectivity index (χ4n) is 14.6. The van der Waals surface area contributed by atoms with Crippen LogP contribution in [0.15, 0.2) is 191 Å². The number of hydrazine groups is 1. The van der Waals surface area contributed by atoms with Crippen LogP contribution in [0.3, 0.4) is 0 Å². The minimum Gasteiger partial charge on any atom is -0.464 e. The molecule has 1 aliphatic heterocycles. The lowest BCUT2D eigenvalue weighted by atomic mass is 9.89. The minimum absolute atomic E-state index is 0.0181. The molecule has 0 radical (unpaired) electrons. The maximum atomic E-state index is 13.2. The van der Waals surface area contributed by atoms with E-state index in [1.165, 1.54) is 91.5 Å². The number of thiocarbonyl (C=S) groups is 1. The number of hydrogen-bond donors (Lipinski definition) is 10. The number of nitrogens with two attached hydrogens (primary N) is 6. The summed E-state index contributed by atoms with van der Waals surface area (Å²) in [6.07, 6.45) is 18.4. The van der Waals surface area contributed by atoms with Gasteiger partial charge in [-0.05, 0) is 170 Å². The predicted molar refractivity (Wildman–Crippen MR) is 546 cm³/mol. The summed E-state index contributed by atoms with van der Waals surface area (Å²) in [5, 5.41) is 21.6. The van der Waals surface area contributed by atoms with Crippen LogP contribution in [0.5, 0.6) is 0 Å². The van der Waals surface area contributed by atoms with Gasteiger partial charge in [-0.3, -0.25) is 44.9 Å². The lowest BCUT2D eigenvalue weighted by Gasteiger charge is -2.34. The zero-order valence-electron chi connectivity index (χ0n) is 80.4. The minimum atomic E-state index is -3.44. The number of benzene rings is 5. The summed E-state index contributed by atoms with van der Waals surface area (Å²) in [6, 6.07) is 33.7. The Balaban J connectivity index is 0.000000180. The molecule has 8 heterocycles. The smallest absolute Gasteiger partial charge is 0.410 e. The Morgan fingerprint density at radius 3 is 1.19 bits per heavy atom. The zero-order valence-corrected chi connectivity index (χ0v) is 86.1. The molecule has 2 saturated carbocycles. The van der Waals surface area contributed by atoms with Gasteiger partial charge in [-0.15, -0.1) is 10.2 Å². The van der Waals surface area contributed by atoms with Crippen LogP contribution in [0.1, 0.15) is 182 Å². The van der Waals surface area contributed by atoms with Gasteiger partial charge in [-0.1, -0.05) is 140 Å². The second kappa shape index (κ2) is 50.1. The number of carbonyl (C=O) groups is 7. The molecule has 1 atom stereocenters. The van der Waals surface area contributed by atoms with Crippen LogP contribution in [-0.2, 0) is 69.8 Å². The molecular weight excluding hydrogens is 2040 g/mol. The number of piperidine rings is 1. The molecule has 0 unspecified atom stereocenters. The van der Waals surface area contributed by atoms with E-state index in [-0.39, 0.29) is 155 Å². The van der Waals surface area contributed by atoms with Crippen molar-refractivity contribution in [2.45, 2.75) is 199 Å². The second-order valence-corrected chi connectivity index (χ2v) is 45.8. The highest BCUT2D eigenvalue weighted by molar-refractivity contribution is 9.10. The largest absolute Gasteiger partial charge is 0.464 e. The number of hydrogen-bond acceptors (Lipinski definition) is 40. The first-order valence-corrected chi connectivity index (χ1v) is 53.1. The van der Waals surface area contributed by atoms with Gasteiger partial charge in [-0.25, -0.2) is 98.9 Å². The molecule has 44 nitrogen and oxygen atoms in total. The normalized spacial score (nSPS) is 14.0. The lowest BCUT2D eigenvalue weighted by Crippen LogP contribution is -2.48. The molecule has 3 fully saturated rings. The summed E-state index contributed by atoms with van der Waals surface area (Å²) in [5.41, 5.74) is 35.8. The van der Waals surface area contributed by atoms with Crippen molar-refractivity contribution in [3.63, 3.8) is 0 Å². The van der Waals surface area contributed by atoms with E-state index in [0.29, 0.717) is 62.6 Å². The summed E-state index contributed by atoms with van der Waals surface area (Å²) in [4.78, 5) is 130. The maximum Gasteiger partial charge on any atom is 0.410 e. The third-order valence-electron chi connectivity index (χ3n) is 23.1. The molecule has 15 rings (SSSR count). The average Bonchev–Trinajstić information content (AvgIpc) is 1.49. The van der Waals surface area contributed by atoms with Gasteiger partial charge in [0.15, 0.2) is 103 Å². The maximum absolute atomic E-state index is 13.2. The number of sulfone groups is 4. The molecule has 5 amide bonds. The van der Waals surface area contributed by atoms with Gasteiger partial charge in [0.05, 0.1) is 107 Å². The van der Waals surface area contributed by atoms with Crippen LogP contribution in [0.4, 0.5) is 45.9 Å². The van der Waals surface area contributed by atoms with Crippen molar-refractivity contribution < 1.29 is 85.5 Å². The molecule has 50 heteroatoms. The van der Waals surface area contributed by atoms with Gasteiger partial charge in [-0.2, -0.15) is 0 Å². The topological polar surface area (TPSA) is 689 Å². The average molecular weight is 2150 g/mol. The predicted octanol–water partition coefficient (Wildman–Crippen LogP) is 12.2. The molecule has 7 aromatic heterocycles. The van der Waals surface area contributed by atoms with Crippen molar-refractivity contribution >= 4 is 155 Å². The number of nitrogens with zero attached hydrogens (tertiary/aromatic N) is 15. The first kappa shape index (κ1) is 111. The van der Waals surface area contributed by atoms with E-state index in [1.807, 2.05) is 35.8 Å². The number of likely N-dealkylation sites (tertiary alicyclic amines) is 1. The Kier molecular flexibility index (Phi) is 38.3. The monoisotopic (exact) mass is 2140 g/mol. The summed E-state index contributed by atoms with van der Waals surface area (Å²) >= 11 is 8.45. The number of methoxy groups -OCH3 is 1. The number of anilines is 7. The molecule has 3 aliphatic rings. The first-order chi connectivity index (χ1) is 68.9. The van der Waals surface area contributed by atoms with Crippen molar-refractivity contribution in [2.75, 3.05) is 59.5 Å². The van der Waals surface area contributed by atoms with Gasteiger partial charge in [0, 0.05) is 58.5 Å². The summed E-state index contributed by atoms with van der Waals surface area (Å²) < 4.78 is 120. The molecule has 12 aromatic rings. The van der Waals surface area contributed by atoms with E-state index >= 15 is 0 Å². The Labute approximate surface area is 850 Å². The molecular formula is C95H110BrN25O19S5. The van der Waals surface area contributed by atoms with Crippen LogP contribution in [0.25, 0.3) is 68.2 Å². The lowest BCUT2D eigenvalue weighted by molar-refractivity contribution is -0.124. The van der Waals surface area contributed by atoms with E-state index in [0.717, 1.165) is 82.6 Å². The van der Waals surface area contributed by atoms with E-state index in [2.05, 4.69) is 107 Å². The van der Waals surface area contributed by atoms with Crippen LogP contribution in [-0.4, -0.2) is 202 Å². The van der Waals surface area contributed by atoms with E-state index in [9.17, 15) is 67.2 Å². The number of nitrogen functional groups attached to an aromatic ring is 6. The first-order valence-electron chi connectivity index (χ1n) is 45.7. The Bertz CT molecular complexity index is 6950. The molecule has 2 aliphatic carbocycles. The zero-order chi connectivity index (χ0) is 105. The molecule has 0 spiro atoms. The molecule has 16 N–H and O–H groups in total. The number of rotatable bonds is 28. The van der Waals surface area contributed by atoms with Crippen molar-refractivity contribution in [1.82, 2.24) is 85.9 Å². The Hall–Kier alpha value is -14.6. The summed E-state index contributed by atoms with van der Waals surface area (Å²) in [7, 11) is -12.3. The summed E-state index contributed by atoms with van der Waals surface area (Å²) in [5.74, 6) is 2.76. The van der Waals surface area contributed by atoms with E-state index in [4.69, 9.17) is 60.3 Å². The quantitative estimate of drug-likeness (QED) is 0.00716. The van der Waals surface area contributed by atoms with Crippen molar-refractivity contribution in [1.29, 1.82) is 0 Å². The third-order valence-corrected chi connectivity index (χ3v) is 32.5. The van der Waals surface area contributed by atoms with Gasteiger partial charge in [0.1, 0.15) is 11.2 Å². The van der Waals surface area contributed by atoms with Gasteiger partial charge in [0.25, 0.3) is 23.6 Å². The number of aromatic nitrogens is 14. The van der Waals surface area contributed by atoms with E-state index in [1.54, 1.807) is 104 Å². The van der Waals surface area contributed by atoms with Crippen molar-refractivity contribution in [3.05, 3.63) is 186 Å². The fourth-order valence-corrected chi connectivity index (χ4v) is 19.4.